The van der Waals surface area contributed by atoms with Crippen molar-refractivity contribution in [3.63, 3.8) is 0 Å². The minimum absolute atomic E-state index is 0.157. The first kappa shape index (κ1) is 13.7. The fourth-order valence-corrected chi connectivity index (χ4v) is 2.02. The Morgan fingerprint density at radius 2 is 1.84 bits per heavy atom. The van der Waals surface area contributed by atoms with Crippen LogP contribution in [-0.2, 0) is 0 Å². The molecule has 0 aliphatic heterocycles. The summed E-state index contributed by atoms with van der Waals surface area (Å²) < 4.78 is 5.24. The van der Waals surface area contributed by atoms with Gasteiger partial charge in [0.15, 0.2) is 0 Å². The Morgan fingerprint density at radius 3 is 2.42 bits per heavy atom. The Labute approximate surface area is 112 Å². The first-order valence-corrected chi connectivity index (χ1v) is 6.48. The molecule has 0 aliphatic carbocycles. The Morgan fingerprint density at radius 1 is 1.21 bits per heavy atom. The summed E-state index contributed by atoms with van der Waals surface area (Å²) in [6.45, 7) is 7.67. The maximum atomic E-state index is 9.81. The van der Waals surface area contributed by atoms with Crippen LogP contribution < -0.4 is 0 Å². The fourth-order valence-electron chi connectivity index (χ4n) is 2.02. The van der Waals surface area contributed by atoms with E-state index in [-0.39, 0.29) is 5.92 Å². The third kappa shape index (κ3) is 2.98. The molecule has 5 heteroatoms. The standard InChI is InChI=1S/C14H19N3O2/c1-5-12(18)10(4)14-16-13(17-19-14)11-6-8(2)15-9(3)7-11/h6-7,10,12,18H,5H2,1-4H3. The predicted octanol–water partition coefficient (Wildman–Crippen LogP) is 2.62. The van der Waals surface area contributed by atoms with Crippen molar-refractivity contribution >= 4 is 0 Å². The Kier molecular flexibility index (Phi) is 3.95. The minimum atomic E-state index is -0.464. The highest BCUT2D eigenvalue weighted by Gasteiger charge is 2.21. The van der Waals surface area contributed by atoms with Crippen LogP contribution in [0.25, 0.3) is 11.4 Å². The molecule has 2 atom stereocenters. The fraction of sp³-hybridized carbons (Fsp3) is 0.500. The van der Waals surface area contributed by atoms with E-state index >= 15 is 0 Å². The molecule has 0 fully saturated rings. The number of pyridine rings is 1. The van der Waals surface area contributed by atoms with Crippen molar-refractivity contribution < 1.29 is 9.63 Å². The van der Waals surface area contributed by atoms with Crippen LogP contribution in [0.4, 0.5) is 0 Å². The molecule has 0 amide bonds. The second-order valence-corrected chi connectivity index (χ2v) is 4.86. The molecular weight excluding hydrogens is 242 g/mol. The average Bonchev–Trinajstić information content (AvgIpc) is 2.85. The zero-order valence-corrected chi connectivity index (χ0v) is 11.7. The Hall–Kier alpha value is -1.75. The summed E-state index contributed by atoms with van der Waals surface area (Å²) in [4.78, 5) is 8.68. The van der Waals surface area contributed by atoms with Crippen LogP contribution in [0, 0.1) is 13.8 Å². The molecule has 2 aromatic heterocycles. The maximum Gasteiger partial charge on any atom is 0.232 e. The van der Waals surface area contributed by atoms with E-state index in [0.717, 1.165) is 17.0 Å². The van der Waals surface area contributed by atoms with Gasteiger partial charge < -0.3 is 9.63 Å². The normalized spacial score (nSPS) is 14.4. The molecule has 0 radical (unpaired) electrons. The summed E-state index contributed by atoms with van der Waals surface area (Å²) in [6, 6.07) is 3.84. The quantitative estimate of drug-likeness (QED) is 0.916. The molecule has 5 nitrogen and oxygen atoms in total. The molecule has 2 aromatic rings. The van der Waals surface area contributed by atoms with Crippen molar-refractivity contribution in [1.82, 2.24) is 15.1 Å². The summed E-state index contributed by atoms with van der Waals surface area (Å²) in [7, 11) is 0. The highest BCUT2D eigenvalue weighted by Crippen LogP contribution is 2.23. The van der Waals surface area contributed by atoms with E-state index in [1.54, 1.807) is 0 Å². The van der Waals surface area contributed by atoms with Crippen molar-refractivity contribution in [1.29, 1.82) is 0 Å². The highest BCUT2D eigenvalue weighted by atomic mass is 16.5. The lowest BCUT2D eigenvalue weighted by molar-refractivity contribution is 0.129. The van der Waals surface area contributed by atoms with Crippen molar-refractivity contribution in [2.75, 3.05) is 0 Å². The van der Waals surface area contributed by atoms with Crippen molar-refractivity contribution in [2.24, 2.45) is 0 Å². The molecule has 2 unspecified atom stereocenters. The minimum Gasteiger partial charge on any atom is -0.392 e. The third-order valence-electron chi connectivity index (χ3n) is 3.17. The van der Waals surface area contributed by atoms with Gasteiger partial charge in [-0.1, -0.05) is 19.0 Å². The summed E-state index contributed by atoms with van der Waals surface area (Å²) in [5.41, 5.74) is 2.73. The zero-order chi connectivity index (χ0) is 14.0. The monoisotopic (exact) mass is 261 g/mol. The topological polar surface area (TPSA) is 72.0 Å². The van der Waals surface area contributed by atoms with E-state index in [1.165, 1.54) is 0 Å². The molecule has 2 rings (SSSR count). The van der Waals surface area contributed by atoms with E-state index in [9.17, 15) is 5.11 Å². The molecule has 0 saturated carbocycles. The number of rotatable bonds is 4. The van der Waals surface area contributed by atoms with E-state index in [0.29, 0.717) is 18.1 Å². The van der Waals surface area contributed by atoms with Crippen LogP contribution >= 0.6 is 0 Å². The molecule has 0 bridgehead atoms. The van der Waals surface area contributed by atoms with Gasteiger partial charge in [-0.2, -0.15) is 4.98 Å². The van der Waals surface area contributed by atoms with Gasteiger partial charge in [-0.3, -0.25) is 4.98 Å². The van der Waals surface area contributed by atoms with Gasteiger partial charge in [0, 0.05) is 17.0 Å². The number of nitrogens with zero attached hydrogens (tertiary/aromatic N) is 3. The van der Waals surface area contributed by atoms with Gasteiger partial charge in [-0.15, -0.1) is 0 Å². The van der Waals surface area contributed by atoms with Crippen LogP contribution in [0.1, 0.15) is 43.5 Å². The number of aliphatic hydroxyl groups is 1. The van der Waals surface area contributed by atoms with E-state index < -0.39 is 6.10 Å². The maximum absolute atomic E-state index is 9.81. The summed E-state index contributed by atoms with van der Waals surface area (Å²) in [5, 5.41) is 13.8. The van der Waals surface area contributed by atoms with Crippen molar-refractivity contribution in [3.8, 4) is 11.4 Å². The van der Waals surface area contributed by atoms with Gasteiger partial charge in [-0.05, 0) is 32.4 Å². The molecule has 1 N–H and O–H groups in total. The van der Waals surface area contributed by atoms with Gasteiger partial charge in [-0.25, -0.2) is 0 Å². The van der Waals surface area contributed by atoms with Crippen molar-refractivity contribution in [3.05, 3.63) is 29.4 Å². The molecule has 0 saturated heterocycles. The van der Waals surface area contributed by atoms with E-state index in [2.05, 4.69) is 15.1 Å². The molecular formula is C14H19N3O2. The molecule has 19 heavy (non-hydrogen) atoms. The number of aliphatic hydroxyl groups excluding tert-OH is 1. The van der Waals surface area contributed by atoms with Gasteiger partial charge in [0.1, 0.15) is 0 Å². The van der Waals surface area contributed by atoms with Crippen molar-refractivity contribution in [2.45, 2.75) is 46.1 Å². The molecule has 0 spiro atoms. The number of hydrogen-bond acceptors (Lipinski definition) is 5. The number of aryl methyl sites for hydroxylation is 2. The van der Waals surface area contributed by atoms with Gasteiger partial charge >= 0.3 is 0 Å². The largest absolute Gasteiger partial charge is 0.392 e. The Balaban J connectivity index is 2.30. The second-order valence-electron chi connectivity index (χ2n) is 4.86. The van der Waals surface area contributed by atoms with Crippen LogP contribution in [0.2, 0.25) is 0 Å². The number of hydrogen-bond donors (Lipinski definition) is 1. The summed E-state index contributed by atoms with van der Waals surface area (Å²) in [6.07, 6.45) is 0.195. The van der Waals surface area contributed by atoms with E-state index in [1.807, 2.05) is 39.8 Å². The SMILES string of the molecule is CCC(O)C(C)c1nc(-c2cc(C)nc(C)c2)no1. The first-order chi connectivity index (χ1) is 9.01. The van der Waals surface area contributed by atoms with Crippen LogP contribution in [0.3, 0.4) is 0 Å². The predicted molar refractivity (Wildman–Crippen MR) is 71.7 cm³/mol. The van der Waals surface area contributed by atoms with Crippen LogP contribution in [-0.4, -0.2) is 26.3 Å². The summed E-state index contributed by atoms with van der Waals surface area (Å²) >= 11 is 0. The summed E-state index contributed by atoms with van der Waals surface area (Å²) in [5.74, 6) is 0.852. The van der Waals surface area contributed by atoms with Gasteiger partial charge in [0.2, 0.25) is 11.7 Å². The lowest BCUT2D eigenvalue weighted by atomic mass is 10.0. The molecule has 102 valence electrons. The first-order valence-electron chi connectivity index (χ1n) is 6.48. The number of aromatic nitrogens is 3. The molecule has 2 heterocycles. The van der Waals surface area contributed by atoms with Crippen LogP contribution in [0.5, 0.6) is 0 Å². The lowest BCUT2D eigenvalue weighted by Crippen LogP contribution is -2.14. The smallest absolute Gasteiger partial charge is 0.232 e. The zero-order valence-electron chi connectivity index (χ0n) is 11.7. The highest BCUT2D eigenvalue weighted by molar-refractivity contribution is 5.55. The Bertz CT molecular complexity index is 545. The lowest BCUT2D eigenvalue weighted by Gasteiger charge is -2.11. The van der Waals surface area contributed by atoms with Crippen LogP contribution in [0.15, 0.2) is 16.7 Å². The van der Waals surface area contributed by atoms with E-state index in [4.69, 9.17) is 4.52 Å². The molecule has 0 aliphatic rings. The third-order valence-corrected chi connectivity index (χ3v) is 3.17. The molecule has 0 aromatic carbocycles. The average molecular weight is 261 g/mol. The second kappa shape index (κ2) is 5.48. The van der Waals surface area contributed by atoms with Gasteiger partial charge in [0.05, 0.1) is 12.0 Å². The van der Waals surface area contributed by atoms with Gasteiger partial charge in [0.25, 0.3) is 0 Å².